The third kappa shape index (κ3) is 3.87. The Balaban J connectivity index is 2.00. The molecule has 0 aliphatic rings. The highest BCUT2D eigenvalue weighted by Gasteiger charge is 2.14. The standard InChI is InChI=1S/C17H17N3O3S2/c1-3-18-25(22,23)14-6-4-5-12(9-14)13-7-8-15-16(10-13)24-17(20-15)19-11(2)21/h4-10,18H,3H2,1-2H3,(H,19,20,21). The molecule has 0 spiro atoms. The van der Waals surface area contributed by atoms with Gasteiger partial charge in [-0.3, -0.25) is 4.79 Å². The zero-order chi connectivity index (χ0) is 18.0. The average Bonchev–Trinajstić information content (AvgIpc) is 2.95. The van der Waals surface area contributed by atoms with E-state index in [0.29, 0.717) is 11.7 Å². The lowest BCUT2D eigenvalue weighted by Gasteiger charge is -2.07. The molecule has 0 bridgehead atoms. The van der Waals surface area contributed by atoms with Gasteiger partial charge in [-0.25, -0.2) is 18.1 Å². The van der Waals surface area contributed by atoms with Gasteiger partial charge in [-0.1, -0.05) is 36.5 Å². The fraction of sp³-hybridized carbons (Fsp3) is 0.176. The van der Waals surface area contributed by atoms with Gasteiger partial charge < -0.3 is 5.32 Å². The molecule has 2 aromatic carbocycles. The summed E-state index contributed by atoms with van der Waals surface area (Å²) in [6, 6.07) is 12.5. The summed E-state index contributed by atoms with van der Waals surface area (Å²) >= 11 is 1.38. The van der Waals surface area contributed by atoms with Crippen molar-refractivity contribution in [1.82, 2.24) is 9.71 Å². The molecule has 3 aromatic rings. The van der Waals surface area contributed by atoms with E-state index in [1.807, 2.05) is 24.3 Å². The van der Waals surface area contributed by atoms with E-state index in [1.165, 1.54) is 18.3 Å². The number of aromatic nitrogens is 1. The van der Waals surface area contributed by atoms with Crippen LogP contribution in [0.15, 0.2) is 47.4 Å². The molecule has 25 heavy (non-hydrogen) atoms. The molecule has 0 unspecified atom stereocenters. The second-order valence-corrected chi connectivity index (χ2v) is 8.21. The molecule has 3 rings (SSSR count). The number of hydrogen-bond acceptors (Lipinski definition) is 5. The van der Waals surface area contributed by atoms with Crippen LogP contribution in [0.3, 0.4) is 0 Å². The monoisotopic (exact) mass is 375 g/mol. The van der Waals surface area contributed by atoms with Crippen LogP contribution in [0, 0.1) is 0 Å². The van der Waals surface area contributed by atoms with Gasteiger partial charge in [0.05, 0.1) is 15.1 Å². The van der Waals surface area contributed by atoms with Crippen LogP contribution in [0.4, 0.5) is 5.13 Å². The van der Waals surface area contributed by atoms with Crippen LogP contribution in [0.5, 0.6) is 0 Å². The average molecular weight is 375 g/mol. The fourth-order valence-electron chi connectivity index (χ4n) is 2.42. The van der Waals surface area contributed by atoms with Gasteiger partial charge in [-0.2, -0.15) is 0 Å². The number of carbonyl (C=O) groups excluding carboxylic acids is 1. The van der Waals surface area contributed by atoms with E-state index in [1.54, 1.807) is 25.1 Å². The van der Waals surface area contributed by atoms with Gasteiger partial charge in [0.15, 0.2) is 5.13 Å². The number of sulfonamides is 1. The van der Waals surface area contributed by atoms with Gasteiger partial charge in [0, 0.05) is 13.5 Å². The number of anilines is 1. The van der Waals surface area contributed by atoms with Crippen LogP contribution in [0.2, 0.25) is 0 Å². The van der Waals surface area contributed by atoms with Gasteiger partial charge in [0.2, 0.25) is 15.9 Å². The summed E-state index contributed by atoms with van der Waals surface area (Å²) in [5.41, 5.74) is 2.48. The lowest BCUT2D eigenvalue weighted by molar-refractivity contribution is -0.114. The van der Waals surface area contributed by atoms with Crippen LogP contribution in [0.1, 0.15) is 13.8 Å². The molecule has 0 aliphatic heterocycles. The van der Waals surface area contributed by atoms with Crippen LogP contribution >= 0.6 is 11.3 Å². The first-order valence-corrected chi connectivity index (χ1v) is 9.97. The SMILES string of the molecule is CCNS(=O)(=O)c1cccc(-c2ccc3nc(NC(C)=O)sc3c2)c1. The van der Waals surface area contributed by atoms with Gasteiger partial charge >= 0.3 is 0 Å². The lowest BCUT2D eigenvalue weighted by Crippen LogP contribution is -2.23. The molecule has 1 amide bonds. The van der Waals surface area contributed by atoms with Gasteiger partial charge in [-0.05, 0) is 35.4 Å². The zero-order valence-corrected chi connectivity index (χ0v) is 15.4. The number of rotatable bonds is 5. The first-order valence-electron chi connectivity index (χ1n) is 7.67. The Labute approximate surface area is 150 Å². The smallest absolute Gasteiger partial charge is 0.240 e. The van der Waals surface area contributed by atoms with Crippen LogP contribution in [-0.2, 0) is 14.8 Å². The molecule has 0 radical (unpaired) electrons. The van der Waals surface area contributed by atoms with Crippen molar-refractivity contribution in [3.63, 3.8) is 0 Å². The predicted molar refractivity (Wildman–Crippen MR) is 100 cm³/mol. The first-order chi connectivity index (χ1) is 11.9. The molecule has 0 fully saturated rings. The van der Waals surface area contributed by atoms with E-state index in [4.69, 9.17) is 0 Å². The van der Waals surface area contributed by atoms with Crippen molar-refractivity contribution in [1.29, 1.82) is 0 Å². The van der Waals surface area contributed by atoms with Crippen LogP contribution in [-0.4, -0.2) is 25.9 Å². The largest absolute Gasteiger partial charge is 0.302 e. The Bertz CT molecular complexity index is 1040. The van der Waals surface area contributed by atoms with E-state index in [2.05, 4.69) is 15.0 Å². The summed E-state index contributed by atoms with van der Waals surface area (Å²) in [6.45, 7) is 3.52. The second-order valence-electron chi connectivity index (χ2n) is 5.41. The van der Waals surface area contributed by atoms with Crippen LogP contribution in [0.25, 0.3) is 21.3 Å². The topological polar surface area (TPSA) is 88.2 Å². The normalized spacial score (nSPS) is 11.6. The molecule has 0 saturated carbocycles. The summed E-state index contributed by atoms with van der Waals surface area (Å²) in [5, 5.41) is 3.22. The quantitative estimate of drug-likeness (QED) is 0.717. The molecule has 2 N–H and O–H groups in total. The second kappa shape index (κ2) is 6.91. The van der Waals surface area contributed by atoms with Crippen molar-refractivity contribution in [3.8, 4) is 11.1 Å². The summed E-state index contributed by atoms with van der Waals surface area (Å²) in [7, 11) is -3.50. The minimum atomic E-state index is -3.50. The minimum absolute atomic E-state index is 0.166. The maximum absolute atomic E-state index is 12.2. The molecule has 0 saturated heterocycles. The molecule has 1 aromatic heterocycles. The Morgan fingerprint density at radius 1 is 1.16 bits per heavy atom. The van der Waals surface area contributed by atoms with Crippen molar-refractivity contribution in [3.05, 3.63) is 42.5 Å². The number of benzene rings is 2. The van der Waals surface area contributed by atoms with E-state index < -0.39 is 10.0 Å². The molecule has 1 heterocycles. The highest BCUT2D eigenvalue weighted by molar-refractivity contribution is 7.89. The molecule has 8 heteroatoms. The third-order valence-electron chi connectivity index (χ3n) is 3.48. The zero-order valence-electron chi connectivity index (χ0n) is 13.7. The summed E-state index contributed by atoms with van der Waals surface area (Å²) in [4.78, 5) is 15.7. The fourth-order valence-corrected chi connectivity index (χ4v) is 4.46. The highest BCUT2D eigenvalue weighted by atomic mass is 32.2. The number of thiazole rings is 1. The minimum Gasteiger partial charge on any atom is -0.302 e. The van der Waals surface area contributed by atoms with E-state index in [-0.39, 0.29) is 10.8 Å². The number of nitrogens with one attached hydrogen (secondary N) is 2. The Hall–Kier alpha value is -2.29. The number of hydrogen-bond donors (Lipinski definition) is 2. The Morgan fingerprint density at radius 2 is 1.92 bits per heavy atom. The van der Waals surface area contributed by atoms with Gasteiger partial charge in [0.1, 0.15) is 0 Å². The van der Waals surface area contributed by atoms with Gasteiger partial charge in [0.25, 0.3) is 0 Å². The predicted octanol–water partition coefficient (Wildman–Crippen LogP) is 3.22. The van der Waals surface area contributed by atoms with Crippen molar-refractivity contribution < 1.29 is 13.2 Å². The molecule has 130 valence electrons. The maximum atomic E-state index is 12.2. The van der Waals surface area contributed by atoms with Crippen molar-refractivity contribution in [2.24, 2.45) is 0 Å². The van der Waals surface area contributed by atoms with Crippen molar-refractivity contribution in [2.75, 3.05) is 11.9 Å². The van der Waals surface area contributed by atoms with E-state index in [0.717, 1.165) is 21.3 Å². The molecule has 0 atom stereocenters. The molecule has 0 aliphatic carbocycles. The number of nitrogens with zero attached hydrogens (tertiary/aromatic N) is 1. The number of amides is 1. The lowest BCUT2D eigenvalue weighted by atomic mass is 10.1. The number of fused-ring (bicyclic) bond motifs is 1. The summed E-state index contributed by atoms with van der Waals surface area (Å²) < 4.78 is 27.8. The maximum Gasteiger partial charge on any atom is 0.240 e. The number of carbonyl (C=O) groups is 1. The third-order valence-corrected chi connectivity index (χ3v) is 5.96. The molecular formula is C17H17N3O3S2. The Morgan fingerprint density at radius 3 is 2.64 bits per heavy atom. The van der Waals surface area contributed by atoms with Gasteiger partial charge in [-0.15, -0.1) is 0 Å². The summed E-state index contributed by atoms with van der Waals surface area (Å²) in [6.07, 6.45) is 0. The molecular weight excluding hydrogens is 358 g/mol. The van der Waals surface area contributed by atoms with E-state index in [9.17, 15) is 13.2 Å². The van der Waals surface area contributed by atoms with Crippen molar-refractivity contribution in [2.45, 2.75) is 18.7 Å². The Kier molecular flexibility index (Phi) is 4.85. The summed E-state index contributed by atoms with van der Waals surface area (Å²) in [5.74, 6) is -0.166. The van der Waals surface area contributed by atoms with Crippen LogP contribution < -0.4 is 10.0 Å². The van der Waals surface area contributed by atoms with E-state index >= 15 is 0 Å². The van der Waals surface area contributed by atoms with Crippen molar-refractivity contribution >= 4 is 42.6 Å². The first kappa shape index (κ1) is 17.5. The molecule has 6 nitrogen and oxygen atoms in total. The highest BCUT2D eigenvalue weighted by Crippen LogP contribution is 2.31.